The zero-order valence-corrected chi connectivity index (χ0v) is 11.0. The van der Waals surface area contributed by atoms with E-state index in [-0.39, 0.29) is 5.56 Å². The van der Waals surface area contributed by atoms with Crippen LogP contribution in [-0.4, -0.2) is 0 Å². The summed E-state index contributed by atoms with van der Waals surface area (Å²) in [7, 11) is 0. The topological polar surface area (TPSA) is 38.0 Å². The van der Waals surface area contributed by atoms with Crippen LogP contribution in [0.2, 0.25) is 5.02 Å². The fourth-order valence-electron chi connectivity index (χ4n) is 2.06. The molecular weight excluding hydrogens is 289 g/mol. The van der Waals surface area contributed by atoms with Crippen LogP contribution in [0.15, 0.2) is 48.5 Å². The van der Waals surface area contributed by atoms with Crippen LogP contribution < -0.4 is 11.3 Å². The highest BCUT2D eigenvalue weighted by Gasteiger charge is 2.35. The second kappa shape index (κ2) is 5.83. The highest BCUT2D eigenvalue weighted by molar-refractivity contribution is 6.31. The number of halogens is 4. The highest BCUT2D eigenvalue weighted by Crippen LogP contribution is 2.37. The summed E-state index contributed by atoms with van der Waals surface area (Å²) in [6, 6.07) is 11.1. The molecule has 2 aromatic carbocycles. The van der Waals surface area contributed by atoms with E-state index in [1.165, 1.54) is 18.2 Å². The van der Waals surface area contributed by atoms with E-state index in [2.05, 4.69) is 5.43 Å². The van der Waals surface area contributed by atoms with Crippen molar-refractivity contribution in [1.29, 1.82) is 0 Å². The number of alkyl halides is 3. The SMILES string of the molecule is NNC(c1ccccc1Cl)c1ccccc1C(F)(F)F. The molecule has 0 aliphatic rings. The maximum absolute atomic E-state index is 13.1. The number of nitrogens with one attached hydrogen (secondary N) is 1. The molecule has 106 valence electrons. The van der Waals surface area contributed by atoms with Crippen molar-refractivity contribution >= 4 is 11.6 Å². The number of hydrazine groups is 1. The Bertz CT molecular complexity index is 599. The molecule has 0 saturated carbocycles. The van der Waals surface area contributed by atoms with Crippen molar-refractivity contribution in [3.05, 3.63) is 70.2 Å². The number of hydrogen-bond acceptors (Lipinski definition) is 2. The molecule has 0 amide bonds. The second-order valence-corrected chi connectivity index (χ2v) is 4.61. The summed E-state index contributed by atoms with van der Waals surface area (Å²) in [5, 5.41) is 0.354. The van der Waals surface area contributed by atoms with Crippen LogP contribution in [0, 0.1) is 0 Å². The molecule has 0 saturated heterocycles. The van der Waals surface area contributed by atoms with Crippen LogP contribution in [0.4, 0.5) is 13.2 Å². The van der Waals surface area contributed by atoms with Crippen LogP contribution in [0.3, 0.4) is 0 Å². The molecule has 0 aliphatic heterocycles. The van der Waals surface area contributed by atoms with Crippen LogP contribution in [-0.2, 0) is 6.18 Å². The highest BCUT2D eigenvalue weighted by atomic mass is 35.5. The van der Waals surface area contributed by atoms with E-state index in [0.29, 0.717) is 10.6 Å². The van der Waals surface area contributed by atoms with E-state index in [1.807, 2.05) is 0 Å². The molecule has 1 atom stereocenters. The summed E-state index contributed by atoms with van der Waals surface area (Å²) >= 11 is 6.04. The fraction of sp³-hybridized carbons (Fsp3) is 0.143. The molecule has 2 aromatic rings. The maximum Gasteiger partial charge on any atom is 0.416 e. The van der Waals surface area contributed by atoms with Gasteiger partial charge in [0.15, 0.2) is 0 Å². The van der Waals surface area contributed by atoms with Crippen molar-refractivity contribution in [1.82, 2.24) is 5.43 Å². The molecule has 2 rings (SSSR count). The fourth-order valence-corrected chi connectivity index (χ4v) is 2.31. The molecule has 0 aromatic heterocycles. The molecule has 0 bridgehead atoms. The first-order valence-corrected chi connectivity index (χ1v) is 6.19. The maximum atomic E-state index is 13.1. The number of hydrogen-bond donors (Lipinski definition) is 2. The van der Waals surface area contributed by atoms with Crippen molar-refractivity contribution in [2.24, 2.45) is 5.84 Å². The standard InChI is InChI=1S/C14H12ClF3N2/c15-12-8-4-2-6-10(12)13(20-19)9-5-1-3-7-11(9)14(16,17)18/h1-8,13,20H,19H2. The molecule has 0 heterocycles. The average molecular weight is 301 g/mol. The molecule has 0 radical (unpaired) electrons. The van der Waals surface area contributed by atoms with Crippen LogP contribution in [0.25, 0.3) is 0 Å². The van der Waals surface area contributed by atoms with Gasteiger partial charge in [-0.1, -0.05) is 48.0 Å². The molecular formula is C14H12ClF3N2. The van der Waals surface area contributed by atoms with Crippen LogP contribution >= 0.6 is 11.6 Å². The first-order valence-electron chi connectivity index (χ1n) is 5.82. The zero-order chi connectivity index (χ0) is 14.8. The number of rotatable bonds is 3. The van der Waals surface area contributed by atoms with Gasteiger partial charge in [-0.05, 0) is 23.3 Å². The molecule has 3 N–H and O–H groups in total. The van der Waals surface area contributed by atoms with Crippen molar-refractivity contribution in [3.8, 4) is 0 Å². The van der Waals surface area contributed by atoms with Crippen molar-refractivity contribution in [2.45, 2.75) is 12.2 Å². The quantitative estimate of drug-likeness (QED) is 0.666. The molecule has 2 nitrogen and oxygen atoms in total. The van der Waals surface area contributed by atoms with Gasteiger partial charge >= 0.3 is 6.18 Å². The van der Waals surface area contributed by atoms with E-state index in [0.717, 1.165) is 6.07 Å². The van der Waals surface area contributed by atoms with E-state index < -0.39 is 17.8 Å². The lowest BCUT2D eigenvalue weighted by molar-refractivity contribution is -0.138. The smallest absolute Gasteiger partial charge is 0.271 e. The van der Waals surface area contributed by atoms with Gasteiger partial charge < -0.3 is 0 Å². The van der Waals surface area contributed by atoms with Gasteiger partial charge in [0.25, 0.3) is 0 Å². The summed E-state index contributed by atoms with van der Waals surface area (Å²) in [4.78, 5) is 0. The van der Waals surface area contributed by atoms with E-state index in [9.17, 15) is 13.2 Å². The van der Waals surface area contributed by atoms with Gasteiger partial charge in [-0.2, -0.15) is 13.2 Å². The third-order valence-corrected chi connectivity index (χ3v) is 3.30. The predicted molar refractivity (Wildman–Crippen MR) is 72.1 cm³/mol. The lowest BCUT2D eigenvalue weighted by Crippen LogP contribution is -2.30. The van der Waals surface area contributed by atoms with E-state index in [1.54, 1.807) is 24.3 Å². The van der Waals surface area contributed by atoms with E-state index >= 15 is 0 Å². The normalized spacial score (nSPS) is 13.2. The minimum absolute atomic E-state index is 0.0376. The molecule has 6 heteroatoms. The summed E-state index contributed by atoms with van der Waals surface area (Å²) in [5.74, 6) is 5.44. The van der Waals surface area contributed by atoms with Gasteiger partial charge in [-0.25, -0.2) is 5.43 Å². The minimum atomic E-state index is -4.45. The Labute approximate surface area is 119 Å². The van der Waals surface area contributed by atoms with Crippen LogP contribution in [0.5, 0.6) is 0 Å². The van der Waals surface area contributed by atoms with Crippen molar-refractivity contribution in [2.75, 3.05) is 0 Å². The lowest BCUT2D eigenvalue weighted by Gasteiger charge is -2.22. The number of nitrogens with two attached hydrogens (primary N) is 1. The molecule has 0 aliphatic carbocycles. The van der Waals surface area contributed by atoms with E-state index in [4.69, 9.17) is 17.4 Å². The Morgan fingerprint density at radius 2 is 1.50 bits per heavy atom. The van der Waals surface area contributed by atoms with Gasteiger partial charge in [0.1, 0.15) is 0 Å². The third kappa shape index (κ3) is 2.95. The first-order chi connectivity index (χ1) is 9.45. The monoisotopic (exact) mass is 300 g/mol. The van der Waals surface area contributed by atoms with Gasteiger partial charge in [0, 0.05) is 5.02 Å². The Morgan fingerprint density at radius 1 is 0.950 bits per heavy atom. The van der Waals surface area contributed by atoms with Gasteiger partial charge in [0.05, 0.1) is 11.6 Å². The third-order valence-electron chi connectivity index (χ3n) is 2.96. The Morgan fingerprint density at radius 3 is 2.05 bits per heavy atom. The molecule has 20 heavy (non-hydrogen) atoms. The largest absolute Gasteiger partial charge is 0.416 e. The summed E-state index contributed by atoms with van der Waals surface area (Å²) in [6.45, 7) is 0. The summed E-state index contributed by atoms with van der Waals surface area (Å²) in [5.41, 5.74) is 2.20. The second-order valence-electron chi connectivity index (χ2n) is 4.21. The Hall–Kier alpha value is -1.56. The number of benzene rings is 2. The molecule has 0 fully saturated rings. The molecule has 1 unspecified atom stereocenters. The van der Waals surface area contributed by atoms with Crippen molar-refractivity contribution in [3.63, 3.8) is 0 Å². The summed E-state index contributed by atoms with van der Waals surface area (Å²) < 4.78 is 39.2. The van der Waals surface area contributed by atoms with Crippen LogP contribution in [0.1, 0.15) is 22.7 Å². The molecule has 0 spiro atoms. The lowest BCUT2D eigenvalue weighted by atomic mass is 9.94. The predicted octanol–water partition coefficient (Wildman–Crippen LogP) is 3.91. The van der Waals surface area contributed by atoms with Gasteiger partial charge in [0.2, 0.25) is 0 Å². The van der Waals surface area contributed by atoms with Gasteiger partial charge in [-0.15, -0.1) is 0 Å². The zero-order valence-electron chi connectivity index (χ0n) is 10.3. The Kier molecular flexibility index (Phi) is 4.32. The van der Waals surface area contributed by atoms with Crippen molar-refractivity contribution < 1.29 is 13.2 Å². The average Bonchev–Trinajstić information content (AvgIpc) is 2.41. The first kappa shape index (κ1) is 14.8. The minimum Gasteiger partial charge on any atom is -0.271 e. The summed E-state index contributed by atoms with van der Waals surface area (Å²) in [6.07, 6.45) is -4.45. The Balaban J connectivity index is 2.57. The van der Waals surface area contributed by atoms with Gasteiger partial charge in [-0.3, -0.25) is 5.84 Å².